The van der Waals surface area contributed by atoms with E-state index in [0.717, 1.165) is 6.26 Å². The maximum atomic E-state index is 12.7. The lowest BCUT2D eigenvalue weighted by Crippen LogP contribution is -2.35. The standard InChI is InChI=1S/C20H22N2O5S/c1-3-14-26-16-10-8-15(9-11-16)21-20(23)19-12-13-22(28(2,24)25)17-6-4-5-7-18(17)27-19/h3-11,19H,1,12-14H2,2H3,(H,21,23)/t19-/m0/s1. The molecule has 1 aliphatic rings. The normalized spacial score (nSPS) is 16.3. The molecule has 7 nitrogen and oxygen atoms in total. The number of para-hydroxylation sites is 2. The van der Waals surface area contributed by atoms with E-state index in [1.165, 1.54) is 4.31 Å². The number of fused-ring (bicyclic) bond motifs is 1. The van der Waals surface area contributed by atoms with E-state index in [1.807, 2.05) is 0 Å². The number of hydrogen-bond acceptors (Lipinski definition) is 5. The molecule has 1 amide bonds. The zero-order valence-electron chi connectivity index (χ0n) is 15.5. The number of benzene rings is 2. The summed E-state index contributed by atoms with van der Waals surface area (Å²) in [7, 11) is -3.48. The number of rotatable bonds is 6. The van der Waals surface area contributed by atoms with Crippen LogP contribution in [-0.2, 0) is 14.8 Å². The van der Waals surface area contributed by atoms with Crippen LogP contribution in [0.5, 0.6) is 11.5 Å². The van der Waals surface area contributed by atoms with Crippen molar-refractivity contribution in [3.8, 4) is 11.5 Å². The summed E-state index contributed by atoms with van der Waals surface area (Å²) < 4.78 is 36.8. The van der Waals surface area contributed by atoms with Gasteiger partial charge < -0.3 is 14.8 Å². The molecule has 1 N–H and O–H groups in total. The van der Waals surface area contributed by atoms with Crippen LogP contribution in [0.2, 0.25) is 0 Å². The molecule has 0 aliphatic carbocycles. The number of nitrogens with one attached hydrogen (secondary N) is 1. The van der Waals surface area contributed by atoms with Crippen LogP contribution in [0.15, 0.2) is 61.2 Å². The van der Waals surface area contributed by atoms with Crippen molar-refractivity contribution in [3.63, 3.8) is 0 Å². The molecule has 0 saturated heterocycles. The molecule has 1 heterocycles. The predicted molar refractivity (Wildman–Crippen MR) is 108 cm³/mol. The van der Waals surface area contributed by atoms with Crippen LogP contribution in [0, 0.1) is 0 Å². The van der Waals surface area contributed by atoms with Gasteiger partial charge in [0.15, 0.2) is 6.10 Å². The summed E-state index contributed by atoms with van der Waals surface area (Å²) in [6.45, 7) is 4.15. The largest absolute Gasteiger partial charge is 0.490 e. The third-order valence-corrected chi connectivity index (χ3v) is 5.36. The van der Waals surface area contributed by atoms with Crippen LogP contribution < -0.4 is 19.1 Å². The van der Waals surface area contributed by atoms with Gasteiger partial charge in [-0.25, -0.2) is 8.42 Å². The summed E-state index contributed by atoms with van der Waals surface area (Å²) in [4.78, 5) is 12.7. The average Bonchev–Trinajstić information content (AvgIpc) is 2.87. The van der Waals surface area contributed by atoms with E-state index in [1.54, 1.807) is 54.6 Å². The quantitative estimate of drug-likeness (QED) is 0.751. The second-order valence-electron chi connectivity index (χ2n) is 6.31. The second kappa shape index (κ2) is 8.35. The maximum absolute atomic E-state index is 12.7. The number of hydrogen-bond donors (Lipinski definition) is 1. The number of nitrogens with zero attached hydrogens (tertiary/aromatic N) is 1. The van der Waals surface area contributed by atoms with Gasteiger partial charge >= 0.3 is 0 Å². The van der Waals surface area contributed by atoms with E-state index in [2.05, 4.69) is 11.9 Å². The van der Waals surface area contributed by atoms with Crippen LogP contribution in [0.4, 0.5) is 11.4 Å². The van der Waals surface area contributed by atoms with Crippen molar-refractivity contribution in [2.75, 3.05) is 29.0 Å². The topological polar surface area (TPSA) is 84.9 Å². The minimum Gasteiger partial charge on any atom is -0.490 e. The summed E-state index contributed by atoms with van der Waals surface area (Å²) in [5.74, 6) is 0.685. The van der Waals surface area contributed by atoms with Crippen molar-refractivity contribution < 1.29 is 22.7 Å². The Bertz CT molecular complexity index is 957. The van der Waals surface area contributed by atoms with Crippen molar-refractivity contribution in [2.24, 2.45) is 0 Å². The Hall–Kier alpha value is -3.00. The van der Waals surface area contributed by atoms with E-state index in [-0.39, 0.29) is 18.9 Å². The highest BCUT2D eigenvalue weighted by atomic mass is 32.2. The third-order valence-electron chi connectivity index (χ3n) is 4.18. The molecule has 0 fully saturated rings. The molecule has 8 heteroatoms. The molecule has 0 bridgehead atoms. The molecule has 0 unspecified atom stereocenters. The van der Waals surface area contributed by atoms with Gasteiger partial charge in [-0.15, -0.1) is 0 Å². The smallest absolute Gasteiger partial charge is 0.265 e. The number of carbonyl (C=O) groups excluding carboxylic acids is 1. The van der Waals surface area contributed by atoms with Gasteiger partial charge in [0.2, 0.25) is 10.0 Å². The Morgan fingerprint density at radius 1 is 1.29 bits per heavy atom. The minimum absolute atomic E-state index is 0.155. The summed E-state index contributed by atoms with van der Waals surface area (Å²) in [5.41, 5.74) is 1.03. The molecular formula is C20H22N2O5S. The van der Waals surface area contributed by atoms with Crippen molar-refractivity contribution in [3.05, 3.63) is 61.2 Å². The SMILES string of the molecule is C=CCOc1ccc(NC(=O)[C@@H]2CCN(S(C)(=O)=O)c3ccccc3O2)cc1. The fraction of sp³-hybridized carbons (Fsp3) is 0.250. The highest BCUT2D eigenvalue weighted by molar-refractivity contribution is 7.92. The van der Waals surface area contributed by atoms with E-state index < -0.39 is 16.1 Å². The molecule has 2 aromatic rings. The van der Waals surface area contributed by atoms with Crippen LogP contribution >= 0.6 is 0 Å². The van der Waals surface area contributed by atoms with Gasteiger partial charge in [-0.1, -0.05) is 24.8 Å². The van der Waals surface area contributed by atoms with Gasteiger partial charge in [-0.3, -0.25) is 9.10 Å². The number of ether oxygens (including phenoxy) is 2. The van der Waals surface area contributed by atoms with Crippen molar-refractivity contribution >= 4 is 27.3 Å². The highest BCUT2D eigenvalue weighted by Crippen LogP contribution is 2.34. The van der Waals surface area contributed by atoms with Crippen LogP contribution in [0.25, 0.3) is 0 Å². The summed E-state index contributed by atoms with van der Waals surface area (Å²) >= 11 is 0. The first kappa shape index (κ1) is 19.8. The number of amides is 1. The molecule has 0 saturated carbocycles. The zero-order valence-corrected chi connectivity index (χ0v) is 16.3. The Morgan fingerprint density at radius 2 is 2.00 bits per heavy atom. The molecule has 0 aromatic heterocycles. The van der Waals surface area contributed by atoms with Gasteiger partial charge in [0.05, 0.1) is 11.9 Å². The van der Waals surface area contributed by atoms with Crippen molar-refractivity contribution in [1.82, 2.24) is 0 Å². The third kappa shape index (κ3) is 4.64. The number of carbonyl (C=O) groups is 1. The fourth-order valence-corrected chi connectivity index (χ4v) is 3.82. The summed E-state index contributed by atoms with van der Waals surface area (Å²) in [6.07, 6.45) is 2.20. The van der Waals surface area contributed by atoms with Gasteiger partial charge in [0, 0.05) is 18.7 Å². The molecule has 2 aromatic carbocycles. The lowest BCUT2D eigenvalue weighted by atomic mass is 10.2. The summed E-state index contributed by atoms with van der Waals surface area (Å²) in [6, 6.07) is 13.7. The van der Waals surface area contributed by atoms with E-state index >= 15 is 0 Å². The number of anilines is 2. The fourth-order valence-electron chi connectivity index (χ4n) is 2.87. The lowest BCUT2D eigenvalue weighted by molar-refractivity contribution is -0.122. The van der Waals surface area contributed by atoms with Gasteiger partial charge in [-0.05, 0) is 36.4 Å². The van der Waals surface area contributed by atoms with E-state index in [0.29, 0.717) is 29.5 Å². The minimum atomic E-state index is -3.48. The Labute approximate surface area is 164 Å². The Balaban J connectivity index is 1.74. The zero-order chi connectivity index (χ0) is 20.1. The second-order valence-corrected chi connectivity index (χ2v) is 8.22. The predicted octanol–water partition coefficient (Wildman–Crippen LogP) is 2.81. The molecule has 28 heavy (non-hydrogen) atoms. The van der Waals surface area contributed by atoms with Crippen molar-refractivity contribution in [2.45, 2.75) is 12.5 Å². The molecule has 0 radical (unpaired) electrons. The van der Waals surface area contributed by atoms with Crippen LogP contribution in [0.3, 0.4) is 0 Å². The first-order valence-corrected chi connectivity index (χ1v) is 10.6. The van der Waals surface area contributed by atoms with Crippen molar-refractivity contribution in [1.29, 1.82) is 0 Å². The Kier molecular flexibility index (Phi) is 5.89. The highest BCUT2D eigenvalue weighted by Gasteiger charge is 2.31. The molecule has 1 aliphatic heterocycles. The first-order valence-electron chi connectivity index (χ1n) is 8.76. The molecule has 3 rings (SSSR count). The Morgan fingerprint density at radius 3 is 2.68 bits per heavy atom. The van der Waals surface area contributed by atoms with E-state index in [4.69, 9.17) is 9.47 Å². The van der Waals surface area contributed by atoms with E-state index in [9.17, 15) is 13.2 Å². The van der Waals surface area contributed by atoms with Gasteiger partial charge in [0.1, 0.15) is 18.1 Å². The van der Waals surface area contributed by atoms with Crippen LogP contribution in [0.1, 0.15) is 6.42 Å². The average molecular weight is 402 g/mol. The molecule has 0 spiro atoms. The maximum Gasteiger partial charge on any atom is 0.265 e. The summed E-state index contributed by atoms with van der Waals surface area (Å²) in [5, 5.41) is 2.80. The lowest BCUT2D eigenvalue weighted by Gasteiger charge is -2.20. The monoisotopic (exact) mass is 402 g/mol. The molecule has 1 atom stereocenters. The number of sulfonamides is 1. The van der Waals surface area contributed by atoms with Gasteiger partial charge in [0.25, 0.3) is 5.91 Å². The molecule has 148 valence electrons. The first-order chi connectivity index (χ1) is 13.4. The van der Waals surface area contributed by atoms with Gasteiger partial charge in [-0.2, -0.15) is 0 Å². The van der Waals surface area contributed by atoms with Crippen LogP contribution in [-0.4, -0.2) is 39.8 Å². The molecular weight excluding hydrogens is 380 g/mol.